The Kier molecular flexibility index (Phi) is 10.2. The van der Waals surface area contributed by atoms with Crippen LogP contribution in [0.2, 0.25) is 0 Å². The van der Waals surface area contributed by atoms with Gasteiger partial charge in [0.1, 0.15) is 6.04 Å². The number of ether oxygens (including phenoxy) is 2. The minimum atomic E-state index is -0.809. The number of carbonyl (C=O) groups is 4. The number of rotatable bonds is 10. The maximum Gasteiger partial charge on any atom is 0.339 e. The largest absolute Gasteiger partial charge is 0.467 e. The number of carbonyl (C=O) groups excluding carboxylic acids is 4. The molecular weight excluding hydrogens is 396 g/mol. The van der Waals surface area contributed by atoms with E-state index in [0.29, 0.717) is 11.3 Å². The Bertz CT molecular complexity index is 737. The Hall–Kier alpha value is -2.55. The van der Waals surface area contributed by atoms with Gasteiger partial charge in [0.15, 0.2) is 6.61 Å². The van der Waals surface area contributed by atoms with Crippen LogP contribution in [-0.4, -0.2) is 68.3 Å². The predicted octanol–water partition coefficient (Wildman–Crippen LogP) is 1.73. The Morgan fingerprint density at radius 1 is 1.17 bits per heavy atom. The van der Waals surface area contributed by atoms with Crippen LogP contribution in [0.1, 0.15) is 30.6 Å². The highest BCUT2D eigenvalue weighted by molar-refractivity contribution is 8.00. The normalized spacial score (nSPS) is 12.4. The Morgan fingerprint density at radius 2 is 1.83 bits per heavy atom. The summed E-state index contributed by atoms with van der Waals surface area (Å²) in [5.74, 6) is -1.87. The number of hydrogen-bond acceptors (Lipinski definition) is 7. The first-order chi connectivity index (χ1) is 13.7. The van der Waals surface area contributed by atoms with E-state index in [1.165, 1.54) is 23.8 Å². The summed E-state index contributed by atoms with van der Waals surface area (Å²) in [7, 11) is 4.56. The molecule has 0 aliphatic carbocycles. The highest BCUT2D eigenvalue weighted by atomic mass is 32.2. The van der Waals surface area contributed by atoms with Gasteiger partial charge >= 0.3 is 11.9 Å². The van der Waals surface area contributed by atoms with Crippen molar-refractivity contribution >= 4 is 35.5 Å². The van der Waals surface area contributed by atoms with E-state index < -0.39 is 30.5 Å². The van der Waals surface area contributed by atoms with E-state index in [4.69, 9.17) is 9.47 Å². The van der Waals surface area contributed by atoms with E-state index in [1.807, 2.05) is 13.8 Å². The SMILES string of the molecule is CC[C@@H](C)[C@@H](NC(=O)COC(=O)c1ccccc1SCC(=O)N(C)C)C(=O)OC. The maximum absolute atomic E-state index is 12.4. The quantitative estimate of drug-likeness (QED) is 0.451. The highest BCUT2D eigenvalue weighted by Crippen LogP contribution is 2.23. The van der Waals surface area contributed by atoms with E-state index in [2.05, 4.69) is 5.32 Å². The molecule has 0 aromatic heterocycles. The van der Waals surface area contributed by atoms with Gasteiger partial charge in [0.25, 0.3) is 5.91 Å². The van der Waals surface area contributed by atoms with Crippen LogP contribution in [0.3, 0.4) is 0 Å². The second kappa shape index (κ2) is 12.1. The molecule has 0 heterocycles. The number of nitrogens with one attached hydrogen (secondary N) is 1. The average molecular weight is 425 g/mol. The standard InChI is InChI=1S/C20H28N2O6S/c1-6-13(2)18(20(26)27-5)21-16(23)11-28-19(25)14-9-7-8-10-15(14)29-12-17(24)22(3)4/h7-10,13,18H,6,11-12H2,1-5H3,(H,21,23)/t13-,18-/m1/s1. The molecule has 8 nitrogen and oxygen atoms in total. The lowest BCUT2D eigenvalue weighted by Crippen LogP contribution is -2.47. The minimum Gasteiger partial charge on any atom is -0.467 e. The summed E-state index contributed by atoms with van der Waals surface area (Å²) < 4.78 is 9.82. The van der Waals surface area contributed by atoms with E-state index >= 15 is 0 Å². The molecule has 0 aliphatic heterocycles. The first kappa shape index (κ1) is 24.5. The van der Waals surface area contributed by atoms with E-state index in [0.717, 1.165) is 0 Å². The topological polar surface area (TPSA) is 102 Å². The number of esters is 2. The molecule has 1 aromatic rings. The molecule has 1 N–H and O–H groups in total. The van der Waals surface area contributed by atoms with Crippen LogP contribution in [0.25, 0.3) is 0 Å². The number of amides is 2. The third-order valence-corrected chi connectivity index (χ3v) is 5.33. The number of nitrogens with zero attached hydrogens (tertiary/aromatic N) is 1. The molecule has 160 valence electrons. The summed E-state index contributed by atoms with van der Waals surface area (Å²) in [6.07, 6.45) is 0.663. The fourth-order valence-electron chi connectivity index (χ4n) is 2.25. The highest BCUT2D eigenvalue weighted by Gasteiger charge is 2.27. The average Bonchev–Trinajstić information content (AvgIpc) is 2.72. The summed E-state index contributed by atoms with van der Waals surface area (Å²) in [5.41, 5.74) is 0.267. The summed E-state index contributed by atoms with van der Waals surface area (Å²) in [6, 6.07) is 5.89. The van der Waals surface area contributed by atoms with Crippen molar-refractivity contribution in [3.8, 4) is 0 Å². The maximum atomic E-state index is 12.4. The molecule has 0 saturated carbocycles. The van der Waals surface area contributed by atoms with Gasteiger partial charge in [-0.05, 0) is 18.1 Å². The van der Waals surface area contributed by atoms with Crippen LogP contribution < -0.4 is 5.32 Å². The molecule has 1 rings (SSSR count). The number of benzene rings is 1. The van der Waals surface area contributed by atoms with Crippen LogP contribution in [0.4, 0.5) is 0 Å². The molecule has 0 spiro atoms. The first-order valence-electron chi connectivity index (χ1n) is 9.17. The van der Waals surface area contributed by atoms with Gasteiger partial charge in [0.05, 0.1) is 18.4 Å². The second-order valence-electron chi connectivity index (χ2n) is 6.60. The van der Waals surface area contributed by atoms with Crippen molar-refractivity contribution in [1.29, 1.82) is 0 Å². The van der Waals surface area contributed by atoms with Gasteiger partial charge in [-0.25, -0.2) is 9.59 Å². The van der Waals surface area contributed by atoms with Crippen molar-refractivity contribution in [2.45, 2.75) is 31.2 Å². The fraction of sp³-hybridized carbons (Fsp3) is 0.500. The third kappa shape index (κ3) is 7.77. The van der Waals surface area contributed by atoms with Crippen molar-refractivity contribution < 1.29 is 28.7 Å². The summed E-state index contributed by atoms with van der Waals surface area (Å²) in [6.45, 7) is 3.18. The van der Waals surface area contributed by atoms with Crippen LogP contribution >= 0.6 is 11.8 Å². The molecule has 2 amide bonds. The van der Waals surface area contributed by atoms with E-state index in [-0.39, 0.29) is 23.1 Å². The zero-order valence-electron chi connectivity index (χ0n) is 17.4. The smallest absolute Gasteiger partial charge is 0.339 e. The van der Waals surface area contributed by atoms with Gasteiger partial charge in [0.2, 0.25) is 5.91 Å². The molecule has 0 fully saturated rings. The van der Waals surface area contributed by atoms with Gasteiger partial charge < -0.3 is 19.7 Å². The third-order valence-electron chi connectivity index (χ3n) is 4.28. The van der Waals surface area contributed by atoms with Crippen molar-refractivity contribution in [1.82, 2.24) is 10.2 Å². The molecule has 1 aromatic carbocycles. The van der Waals surface area contributed by atoms with Crippen molar-refractivity contribution in [3.05, 3.63) is 29.8 Å². The molecule has 2 atom stereocenters. The lowest BCUT2D eigenvalue weighted by atomic mass is 9.99. The molecule has 0 radical (unpaired) electrons. The first-order valence-corrected chi connectivity index (χ1v) is 10.2. The van der Waals surface area contributed by atoms with Crippen LogP contribution in [-0.2, 0) is 23.9 Å². The van der Waals surface area contributed by atoms with Crippen LogP contribution in [0.5, 0.6) is 0 Å². The number of thioether (sulfide) groups is 1. The van der Waals surface area contributed by atoms with E-state index in [9.17, 15) is 19.2 Å². The van der Waals surface area contributed by atoms with Crippen LogP contribution in [0.15, 0.2) is 29.2 Å². The van der Waals surface area contributed by atoms with Crippen molar-refractivity contribution in [2.24, 2.45) is 5.92 Å². The lowest BCUT2D eigenvalue weighted by molar-refractivity contribution is -0.147. The Morgan fingerprint density at radius 3 is 2.41 bits per heavy atom. The van der Waals surface area contributed by atoms with E-state index in [1.54, 1.807) is 38.4 Å². The predicted molar refractivity (Wildman–Crippen MR) is 110 cm³/mol. The van der Waals surface area contributed by atoms with Crippen LogP contribution in [0, 0.1) is 5.92 Å². The van der Waals surface area contributed by atoms with Crippen molar-refractivity contribution in [3.63, 3.8) is 0 Å². The molecule has 0 unspecified atom stereocenters. The Balaban J connectivity index is 2.71. The van der Waals surface area contributed by atoms with Gasteiger partial charge in [-0.15, -0.1) is 11.8 Å². The molecule has 0 bridgehead atoms. The second-order valence-corrected chi connectivity index (χ2v) is 7.62. The van der Waals surface area contributed by atoms with Gasteiger partial charge in [-0.3, -0.25) is 9.59 Å². The Labute approximate surface area is 175 Å². The minimum absolute atomic E-state index is 0.0866. The zero-order valence-corrected chi connectivity index (χ0v) is 18.2. The summed E-state index contributed by atoms with van der Waals surface area (Å²) in [5, 5.41) is 2.55. The zero-order chi connectivity index (χ0) is 22.0. The molecular formula is C20H28N2O6S. The molecule has 29 heavy (non-hydrogen) atoms. The fourth-order valence-corrected chi connectivity index (χ4v) is 3.27. The van der Waals surface area contributed by atoms with Gasteiger partial charge in [-0.2, -0.15) is 0 Å². The summed E-state index contributed by atoms with van der Waals surface area (Å²) in [4.78, 5) is 50.2. The van der Waals surface area contributed by atoms with Crippen molar-refractivity contribution in [2.75, 3.05) is 33.6 Å². The van der Waals surface area contributed by atoms with Gasteiger partial charge in [-0.1, -0.05) is 32.4 Å². The lowest BCUT2D eigenvalue weighted by Gasteiger charge is -2.21. The molecule has 0 saturated heterocycles. The summed E-state index contributed by atoms with van der Waals surface area (Å²) >= 11 is 1.22. The number of hydrogen-bond donors (Lipinski definition) is 1. The van der Waals surface area contributed by atoms with Gasteiger partial charge in [0, 0.05) is 19.0 Å². The molecule has 9 heteroatoms. The monoisotopic (exact) mass is 424 g/mol. The molecule has 0 aliphatic rings. The number of methoxy groups -OCH3 is 1.